The molecule has 0 amide bonds. The maximum atomic E-state index is 6.66. The van der Waals surface area contributed by atoms with Crippen LogP contribution in [0.4, 0.5) is 0 Å². The predicted molar refractivity (Wildman–Crippen MR) is 82.0 cm³/mol. The number of alkyl halides is 1. The zero-order valence-electron chi connectivity index (χ0n) is 11.4. The topological polar surface area (TPSA) is 18.5 Å². The Kier molecular flexibility index (Phi) is 5.55. The summed E-state index contributed by atoms with van der Waals surface area (Å²) in [5.74, 6) is 1.84. The molecule has 1 aromatic rings. The third kappa shape index (κ3) is 3.65. The highest BCUT2D eigenvalue weighted by atomic mass is 79.9. The molecule has 106 valence electrons. The van der Waals surface area contributed by atoms with Crippen LogP contribution in [0.5, 0.6) is 5.75 Å². The molecule has 3 unspecified atom stereocenters. The number of hydrogen-bond donors (Lipinski definition) is 0. The zero-order chi connectivity index (χ0) is 13.8. The van der Waals surface area contributed by atoms with E-state index in [9.17, 15) is 0 Å². The minimum absolute atomic E-state index is 0.0332. The number of ether oxygens (including phenoxy) is 2. The van der Waals surface area contributed by atoms with Crippen molar-refractivity contribution in [3.63, 3.8) is 0 Å². The summed E-state index contributed by atoms with van der Waals surface area (Å²) < 4.78 is 12.0. The van der Waals surface area contributed by atoms with Gasteiger partial charge in [-0.25, -0.2) is 0 Å². The number of hydrogen-bond acceptors (Lipinski definition) is 2. The summed E-state index contributed by atoms with van der Waals surface area (Å²) in [4.78, 5) is 0. The largest absolute Gasteiger partial charge is 0.493 e. The predicted octanol–water partition coefficient (Wildman–Crippen LogP) is 4.80. The van der Waals surface area contributed by atoms with E-state index in [-0.39, 0.29) is 5.38 Å². The summed E-state index contributed by atoms with van der Waals surface area (Å²) in [6.07, 6.45) is 1.03. The van der Waals surface area contributed by atoms with Crippen molar-refractivity contribution in [3.05, 3.63) is 28.2 Å². The molecule has 1 aliphatic rings. The van der Waals surface area contributed by atoms with Gasteiger partial charge in [-0.05, 0) is 58.8 Å². The van der Waals surface area contributed by atoms with E-state index in [1.807, 2.05) is 13.0 Å². The first-order chi connectivity index (χ1) is 9.13. The van der Waals surface area contributed by atoms with Crippen LogP contribution >= 0.6 is 27.5 Å². The SMILES string of the molecule is CCOc1ccc(C(Cl)C2CCOCC2C)cc1Br. The van der Waals surface area contributed by atoms with E-state index < -0.39 is 0 Å². The molecular weight excluding hydrogens is 328 g/mol. The Labute approximate surface area is 128 Å². The van der Waals surface area contributed by atoms with Gasteiger partial charge in [-0.3, -0.25) is 0 Å². The summed E-state index contributed by atoms with van der Waals surface area (Å²) in [6, 6.07) is 6.13. The lowest BCUT2D eigenvalue weighted by Crippen LogP contribution is -2.28. The van der Waals surface area contributed by atoms with Crippen LogP contribution in [0, 0.1) is 11.8 Å². The standard InChI is InChI=1S/C15H20BrClO2/c1-3-19-14-5-4-11(8-13(14)16)15(17)12-6-7-18-9-10(12)2/h4-5,8,10,12,15H,3,6-7,9H2,1-2H3. The van der Waals surface area contributed by atoms with Gasteiger partial charge in [0.05, 0.1) is 16.5 Å². The van der Waals surface area contributed by atoms with Gasteiger partial charge in [0.1, 0.15) is 5.75 Å². The molecule has 0 bridgehead atoms. The van der Waals surface area contributed by atoms with E-state index in [2.05, 4.69) is 35.0 Å². The lowest BCUT2D eigenvalue weighted by Gasteiger charge is -2.32. The summed E-state index contributed by atoms with van der Waals surface area (Å²) >= 11 is 10.2. The molecule has 0 aromatic heterocycles. The molecule has 2 nitrogen and oxygen atoms in total. The van der Waals surface area contributed by atoms with Gasteiger partial charge in [0.2, 0.25) is 0 Å². The first-order valence-corrected chi connectivity index (χ1v) is 8.00. The molecule has 19 heavy (non-hydrogen) atoms. The summed E-state index contributed by atoms with van der Waals surface area (Å²) in [6.45, 7) is 6.49. The average molecular weight is 348 g/mol. The van der Waals surface area contributed by atoms with Gasteiger partial charge >= 0.3 is 0 Å². The highest BCUT2D eigenvalue weighted by Gasteiger charge is 2.29. The van der Waals surface area contributed by atoms with Crippen molar-refractivity contribution < 1.29 is 9.47 Å². The third-order valence-electron chi connectivity index (χ3n) is 3.66. The van der Waals surface area contributed by atoms with Crippen LogP contribution in [0.2, 0.25) is 0 Å². The van der Waals surface area contributed by atoms with Gasteiger partial charge < -0.3 is 9.47 Å². The zero-order valence-corrected chi connectivity index (χ0v) is 13.7. The molecule has 1 aromatic carbocycles. The fourth-order valence-electron chi connectivity index (χ4n) is 2.54. The third-order valence-corrected chi connectivity index (χ3v) is 4.85. The molecular formula is C15H20BrClO2. The number of rotatable bonds is 4. The maximum Gasteiger partial charge on any atom is 0.133 e. The van der Waals surface area contributed by atoms with Crippen molar-refractivity contribution in [2.24, 2.45) is 11.8 Å². The van der Waals surface area contributed by atoms with Crippen LogP contribution in [0.15, 0.2) is 22.7 Å². The normalized spacial score (nSPS) is 25.1. The quantitative estimate of drug-likeness (QED) is 0.728. The van der Waals surface area contributed by atoms with Crippen molar-refractivity contribution in [1.29, 1.82) is 0 Å². The highest BCUT2D eigenvalue weighted by Crippen LogP contribution is 2.40. The Morgan fingerprint density at radius 3 is 2.95 bits per heavy atom. The van der Waals surface area contributed by atoms with Gasteiger partial charge in [0.25, 0.3) is 0 Å². The van der Waals surface area contributed by atoms with Gasteiger partial charge in [0, 0.05) is 13.2 Å². The Hall–Kier alpha value is -0.250. The van der Waals surface area contributed by atoms with E-state index in [0.717, 1.165) is 35.4 Å². The molecule has 0 radical (unpaired) electrons. The monoisotopic (exact) mass is 346 g/mol. The second kappa shape index (κ2) is 6.96. The van der Waals surface area contributed by atoms with E-state index in [0.29, 0.717) is 18.4 Å². The number of benzene rings is 1. The first-order valence-electron chi connectivity index (χ1n) is 6.77. The van der Waals surface area contributed by atoms with Crippen LogP contribution < -0.4 is 4.74 Å². The highest BCUT2D eigenvalue weighted by molar-refractivity contribution is 9.10. The van der Waals surface area contributed by atoms with Crippen LogP contribution in [0.1, 0.15) is 31.2 Å². The fraction of sp³-hybridized carbons (Fsp3) is 0.600. The lowest BCUT2D eigenvalue weighted by molar-refractivity contribution is 0.0228. The summed E-state index contributed by atoms with van der Waals surface area (Å²) in [5, 5.41) is 0.0332. The van der Waals surface area contributed by atoms with Crippen molar-refractivity contribution >= 4 is 27.5 Å². The van der Waals surface area contributed by atoms with Crippen LogP contribution in [-0.2, 0) is 4.74 Å². The second-order valence-electron chi connectivity index (χ2n) is 5.03. The van der Waals surface area contributed by atoms with E-state index in [1.165, 1.54) is 0 Å². The Balaban J connectivity index is 2.14. The van der Waals surface area contributed by atoms with Crippen molar-refractivity contribution in [2.75, 3.05) is 19.8 Å². The van der Waals surface area contributed by atoms with Gasteiger partial charge in [0.15, 0.2) is 0 Å². The number of halogens is 2. The average Bonchev–Trinajstić information content (AvgIpc) is 2.41. The Morgan fingerprint density at radius 2 is 2.32 bits per heavy atom. The molecule has 0 spiro atoms. The van der Waals surface area contributed by atoms with Crippen LogP contribution in [0.3, 0.4) is 0 Å². The summed E-state index contributed by atoms with van der Waals surface area (Å²) in [5.41, 5.74) is 1.15. The molecule has 2 rings (SSSR count). The smallest absolute Gasteiger partial charge is 0.133 e. The minimum Gasteiger partial charge on any atom is -0.493 e. The van der Waals surface area contributed by atoms with Crippen molar-refractivity contribution in [2.45, 2.75) is 25.6 Å². The van der Waals surface area contributed by atoms with E-state index in [1.54, 1.807) is 0 Å². The molecule has 1 saturated heterocycles. The van der Waals surface area contributed by atoms with Crippen LogP contribution in [0.25, 0.3) is 0 Å². The van der Waals surface area contributed by atoms with Gasteiger partial charge in [-0.1, -0.05) is 13.0 Å². The molecule has 0 saturated carbocycles. The minimum atomic E-state index is 0.0332. The second-order valence-corrected chi connectivity index (χ2v) is 6.35. The van der Waals surface area contributed by atoms with Crippen LogP contribution in [-0.4, -0.2) is 19.8 Å². The first kappa shape index (κ1) is 15.1. The van der Waals surface area contributed by atoms with Gasteiger partial charge in [-0.15, -0.1) is 11.6 Å². The lowest BCUT2D eigenvalue weighted by atomic mass is 9.84. The molecule has 0 aliphatic carbocycles. The molecule has 4 heteroatoms. The van der Waals surface area contributed by atoms with E-state index in [4.69, 9.17) is 21.1 Å². The molecule has 1 aliphatic heterocycles. The molecule has 1 heterocycles. The van der Waals surface area contributed by atoms with Crippen molar-refractivity contribution in [3.8, 4) is 5.75 Å². The van der Waals surface area contributed by atoms with E-state index >= 15 is 0 Å². The van der Waals surface area contributed by atoms with Crippen molar-refractivity contribution in [1.82, 2.24) is 0 Å². The molecule has 3 atom stereocenters. The fourth-order valence-corrected chi connectivity index (χ4v) is 3.56. The Bertz CT molecular complexity index is 425. The Morgan fingerprint density at radius 1 is 1.53 bits per heavy atom. The summed E-state index contributed by atoms with van der Waals surface area (Å²) in [7, 11) is 0. The maximum absolute atomic E-state index is 6.66. The van der Waals surface area contributed by atoms with Gasteiger partial charge in [-0.2, -0.15) is 0 Å². The molecule has 0 N–H and O–H groups in total. The molecule has 1 fully saturated rings.